The summed E-state index contributed by atoms with van der Waals surface area (Å²) in [6, 6.07) is 0.269. The molecule has 0 amide bonds. The van der Waals surface area contributed by atoms with Gasteiger partial charge in [0.05, 0.1) is 0 Å². The van der Waals surface area contributed by atoms with Crippen molar-refractivity contribution in [3.63, 3.8) is 0 Å². The molecule has 0 spiro atoms. The lowest BCUT2D eigenvalue weighted by Crippen LogP contribution is -2.35. The van der Waals surface area contributed by atoms with Crippen molar-refractivity contribution in [1.29, 1.82) is 0 Å². The van der Waals surface area contributed by atoms with Crippen molar-refractivity contribution in [2.45, 2.75) is 42.1 Å². The second kappa shape index (κ2) is 4.18. The first-order chi connectivity index (χ1) is 6.77. The summed E-state index contributed by atoms with van der Waals surface area (Å²) in [6.07, 6.45) is 6.27. The normalized spacial score (nSPS) is 27.8. The Balaban J connectivity index is 1.99. The Morgan fingerprint density at radius 3 is 2.86 bits per heavy atom. The van der Waals surface area contributed by atoms with Crippen LogP contribution in [0.4, 0.5) is 0 Å². The van der Waals surface area contributed by atoms with Gasteiger partial charge in [0.25, 0.3) is 0 Å². The predicted octanol–water partition coefficient (Wildman–Crippen LogP) is 0.354. The molecule has 2 rings (SSSR count). The summed E-state index contributed by atoms with van der Waals surface area (Å²) in [4.78, 5) is 0. The molecule has 0 radical (unpaired) electrons. The number of hydrogen-bond acceptors (Lipinski definition) is 5. The van der Waals surface area contributed by atoms with E-state index in [-0.39, 0.29) is 6.04 Å². The Bertz CT molecular complexity index is 300. The molecule has 78 valence electrons. The van der Waals surface area contributed by atoms with Crippen molar-refractivity contribution in [3.8, 4) is 0 Å². The van der Waals surface area contributed by atoms with Crippen LogP contribution in [0.3, 0.4) is 0 Å². The molecule has 14 heavy (non-hydrogen) atoms. The van der Waals surface area contributed by atoms with Crippen molar-refractivity contribution in [2.75, 3.05) is 5.84 Å². The van der Waals surface area contributed by atoms with Gasteiger partial charge in [0, 0.05) is 11.3 Å². The lowest BCUT2D eigenvalue weighted by atomic mass is 9.96. The number of rotatable bonds is 2. The molecule has 6 heteroatoms. The molecule has 1 aliphatic rings. The highest BCUT2D eigenvalue weighted by atomic mass is 32.2. The quantitative estimate of drug-likeness (QED) is 0.693. The molecule has 1 aromatic heterocycles. The summed E-state index contributed by atoms with van der Waals surface area (Å²) in [5.41, 5.74) is 6.03. The van der Waals surface area contributed by atoms with Gasteiger partial charge in [-0.15, -0.1) is 10.2 Å². The fraction of sp³-hybridized carbons (Fsp3) is 0.750. The molecule has 4 N–H and O–H groups in total. The number of nitrogens with two attached hydrogens (primary N) is 2. The smallest absolute Gasteiger partial charge is 0.209 e. The van der Waals surface area contributed by atoms with Gasteiger partial charge in [-0.25, -0.2) is 4.68 Å². The third kappa shape index (κ3) is 2.01. The number of aromatic nitrogens is 3. The predicted molar refractivity (Wildman–Crippen MR) is 56.3 cm³/mol. The Morgan fingerprint density at radius 2 is 2.21 bits per heavy atom. The highest BCUT2D eigenvalue weighted by Crippen LogP contribution is 2.31. The van der Waals surface area contributed by atoms with Gasteiger partial charge in [0.1, 0.15) is 6.33 Å². The first-order valence-electron chi connectivity index (χ1n) is 4.84. The largest absolute Gasteiger partial charge is 0.336 e. The van der Waals surface area contributed by atoms with Crippen molar-refractivity contribution >= 4 is 11.8 Å². The average Bonchev–Trinajstić information content (AvgIpc) is 2.56. The van der Waals surface area contributed by atoms with Crippen LogP contribution in [0.5, 0.6) is 0 Å². The van der Waals surface area contributed by atoms with Gasteiger partial charge >= 0.3 is 0 Å². The summed E-state index contributed by atoms with van der Waals surface area (Å²) in [5, 5.41) is 8.88. The van der Waals surface area contributed by atoms with Crippen LogP contribution < -0.4 is 11.6 Å². The molecule has 0 aromatic carbocycles. The Morgan fingerprint density at radius 1 is 1.43 bits per heavy atom. The van der Waals surface area contributed by atoms with E-state index in [1.54, 1.807) is 11.8 Å². The molecule has 1 saturated carbocycles. The maximum absolute atomic E-state index is 6.03. The zero-order valence-corrected chi connectivity index (χ0v) is 8.78. The maximum atomic E-state index is 6.03. The fourth-order valence-electron chi connectivity index (χ4n) is 1.72. The van der Waals surface area contributed by atoms with Crippen LogP contribution in [0.25, 0.3) is 0 Å². The summed E-state index contributed by atoms with van der Waals surface area (Å²) < 4.78 is 1.45. The molecule has 0 aliphatic heterocycles. The van der Waals surface area contributed by atoms with E-state index in [2.05, 4.69) is 10.2 Å². The first-order valence-corrected chi connectivity index (χ1v) is 5.72. The van der Waals surface area contributed by atoms with E-state index in [1.807, 2.05) is 0 Å². The first kappa shape index (κ1) is 9.79. The summed E-state index contributed by atoms with van der Waals surface area (Å²) >= 11 is 1.65. The third-order valence-electron chi connectivity index (χ3n) is 2.55. The summed E-state index contributed by atoms with van der Waals surface area (Å²) in [5.74, 6) is 5.63. The van der Waals surface area contributed by atoms with Crippen molar-refractivity contribution in [2.24, 2.45) is 5.73 Å². The molecule has 1 heterocycles. The monoisotopic (exact) mass is 213 g/mol. The van der Waals surface area contributed by atoms with Crippen LogP contribution in [0.15, 0.2) is 11.5 Å². The SMILES string of the molecule is NC1CCCCC1Sc1nncn1N. The van der Waals surface area contributed by atoms with E-state index >= 15 is 0 Å². The Kier molecular flexibility index (Phi) is 2.93. The summed E-state index contributed by atoms with van der Waals surface area (Å²) in [6.45, 7) is 0. The van der Waals surface area contributed by atoms with Gasteiger partial charge in [-0.3, -0.25) is 0 Å². The molecule has 1 fully saturated rings. The van der Waals surface area contributed by atoms with Crippen molar-refractivity contribution < 1.29 is 0 Å². The molecule has 1 aromatic rings. The molecule has 0 saturated heterocycles. The van der Waals surface area contributed by atoms with E-state index in [9.17, 15) is 0 Å². The van der Waals surface area contributed by atoms with Gasteiger partial charge < -0.3 is 11.6 Å². The molecule has 1 aliphatic carbocycles. The van der Waals surface area contributed by atoms with Gasteiger partial charge in [0.15, 0.2) is 0 Å². The highest BCUT2D eigenvalue weighted by Gasteiger charge is 2.24. The number of nitrogen functional groups attached to an aromatic ring is 1. The lowest BCUT2D eigenvalue weighted by molar-refractivity contribution is 0.452. The lowest BCUT2D eigenvalue weighted by Gasteiger charge is -2.27. The van der Waals surface area contributed by atoms with E-state index in [4.69, 9.17) is 11.6 Å². The fourth-order valence-corrected chi connectivity index (χ4v) is 2.85. The minimum atomic E-state index is 0.269. The van der Waals surface area contributed by atoms with Gasteiger partial charge in [-0.05, 0) is 12.8 Å². The number of nitrogens with zero attached hydrogens (tertiary/aromatic N) is 3. The number of hydrogen-bond donors (Lipinski definition) is 2. The van der Waals surface area contributed by atoms with Crippen LogP contribution >= 0.6 is 11.8 Å². The van der Waals surface area contributed by atoms with Crippen molar-refractivity contribution in [3.05, 3.63) is 6.33 Å². The molecule has 2 unspecified atom stereocenters. The molecular formula is C8H15N5S. The third-order valence-corrected chi connectivity index (χ3v) is 3.94. The van der Waals surface area contributed by atoms with Crippen LogP contribution in [0.1, 0.15) is 25.7 Å². The highest BCUT2D eigenvalue weighted by molar-refractivity contribution is 7.99. The molecule has 0 bridgehead atoms. The zero-order valence-electron chi connectivity index (χ0n) is 7.97. The van der Waals surface area contributed by atoms with Crippen molar-refractivity contribution in [1.82, 2.24) is 14.9 Å². The molecular weight excluding hydrogens is 198 g/mol. The van der Waals surface area contributed by atoms with Crippen LogP contribution in [-0.2, 0) is 0 Å². The topological polar surface area (TPSA) is 82.8 Å². The van der Waals surface area contributed by atoms with Gasteiger partial charge in [-0.1, -0.05) is 24.6 Å². The van der Waals surface area contributed by atoms with E-state index in [0.29, 0.717) is 5.25 Å². The standard InChI is InChI=1S/C8H15N5S/c9-6-3-1-2-4-7(6)14-8-12-11-5-13(8)10/h5-7H,1-4,9-10H2. The Labute approximate surface area is 87.2 Å². The second-order valence-corrected chi connectivity index (χ2v) is 4.83. The van der Waals surface area contributed by atoms with E-state index in [0.717, 1.165) is 18.0 Å². The molecule has 5 nitrogen and oxygen atoms in total. The van der Waals surface area contributed by atoms with Crippen LogP contribution in [0.2, 0.25) is 0 Å². The van der Waals surface area contributed by atoms with Crippen LogP contribution in [0, 0.1) is 0 Å². The van der Waals surface area contributed by atoms with Gasteiger partial charge in [0.2, 0.25) is 5.16 Å². The van der Waals surface area contributed by atoms with Gasteiger partial charge in [-0.2, -0.15) is 0 Å². The summed E-state index contributed by atoms with van der Waals surface area (Å²) in [7, 11) is 0. The maximum Gasteiger partial charge on any atom is 0.209 e. The Hall–Kier alpha value is -0.750. The second-order valence-electron chi connectivity index (χ2n) is 3.63. The van der Waals surface area contributed by atoms with E-state index < -0.39 is 0 Å². The minimum Gasteiger partial charge on any atom is -0.336 e. The molecule has 2 atom stereocenters. The number of thioether (sulfide) groups is 1. The van der Waals surface area contributed by atoms with Crippen LogP contribution in [-0.4, -0.2) is 26.2 Å². The zero-order chi connectivity index (χ0) is 9.97. The average molecular weight is 213 g/mol. The minimum absolute atomic E-state index is 0.269. The van der Waals surface area contributed by atoms with E-state index in [1.165, 1.54) is 23.8 Å².